The van der Waals surface area contributed by atoms with Crippen LogP contribution in [0.25, 0.3) is 22.0 Å². The van der Waals surface area contributed by atoms with Crippen molar-refractivity contribution in [2.45, 2.75) is 6.92 Å². The van der Waals surface area contributed by atoms with E-state index < -0.39 is 0 Å². The average Bonchev–Trinajstić information content (AvgIpc) is 2.64. The van der Waals surface area contributed by atoms with Gasteiger partial charge in [-0.2, -0.15) is 0 Å². The summed E-state index contributed by atoms with van der Waals surface area (Å²) in [5.41, 5.74) is 1.75. The van der Waals surface area contributed by atoms with E-state index in [1.54, 1.807) is 12.1 Å². The number of benzene rings is 2. The van der Waals surface area contributed by atoms with Crippen molar-refractivity contribution >= 4 is 34.2 Å². The number of carbonyl (C=O) groups is 2. The van der Waals surface area contributed by atoms with Crippen molar-refractivity contribution in [3.63, 3.8) is 0 Å². The van der Waals surface area contributed by atoms with Crippen molar-refractivity contribution in [1.82, 2.24) is 15.6 Å². The van der Waals surface area contributed by atoms with E-state index >= 15 is 0 Å². The summed E-state index contributed by atoms with van der Waals surface area (Å²) < 4.78 is 0. The summed E-state index contributed by atoms with van der Waals surface area (Å²) in [5.74, 6) is -0.432. The molecular weight excluding hydrogens is 350 g/mol. The molecule has 0 aliphatic heterocycles. The van der Waals surface area contributed by atoms with E-state index in [9.17, 15) is 9.59 Å². The maximum Gasteiger partial charge on any atom is 0.269 e. The van der Waals surface area contributed by atoms with Crippen molar-refractivity contribution in [2.24, 2.45) is 0 Å². The minimum absolute atomic E-state index is 0.135. The highest BCUT2D eigenvalue weighted by atomic mass is 35.5. The van der Waals surface area contributed by atoms with Gasteiger partial charge in [0.05, 0.1) is 5.69 Å². The molecule has 0 atom stereocenters. The molecule has 1 heterocycles. The lowest BCUT2D eigenvalue weighted by Crippen LogP contribution is -2.34. The Balaban J connectivity index is 1.96. The van der Waals surface area contributed by atoms with Gasteiger partial charge in [0, 0.05) is 36.0 Å². The summed E-state index contributed by atoms with van der Waals surface area (Å²) in [6, 6.07) is 16.9. The minimum atomic E-state index is -0.297. The zero-order valence-corrected chi connectivity index (χ0v) is 15.0. The number of pyridine rings is 1. The molecule has 0 aliphatic rings. The molecule has 0 aliphatic carbocycles. The van der Waals surface area contributed by atoms with Gasteiger partial charge in [-0.25, -0.2) is 4.98 Å². The van der Waals surface area contributed by atoms with Crippen LogP contribution in [0.15, 0.2) is 54.6 Å². The van der Waals surface area contributed by atoms with Gasteiger partial charge in [-0.05, 0) is 17.5 Å². The zero-order valence-electron chi connectivity index (χ0n) is 14.3. The van der Waals surface area contributed by atoms with Crippen molar-refractivity contribution in [2.75, 3.05) is 13.1 Å². The monoisotopic (exact) mass is 367 g/mol. The van der Waals surface area contributed by atoms with Crippen molar-refractivity contribution in [1.29, 1.82) is 0 Å². The predicted octanol–water partition coefficient (Wildman–Crippen LogP) is 3.42. The third-order valence-electron chi connectivity index (χ3n) is 3.89. The van der Waals surface area contributed by atoms with Crippen LogP contribution < -0.4 is 10.6 Å². The number of nitrogens with one attached hydrogen (secondary N) is 2. The lowest BCUT2D eigenvalue weighted by molar-refractivity contribution is -0.118. The normalized spacial score (nSPS) is 10.5. The molecule has 0 saturated carbocycles. The van der Waals surface area contributed by atoms with E-state index in [1.807, 2.05) is 42.5 Å². The molecule has 3 aromatic rings. The van der Waals surface area contributed by atoms with E-state index in [-0.39, 0.29) is 11.8 Å². The van der Waals surface area contributed by atoms with Gasteiger partial charge in [-0.1, -0.05) is 54.1 Å². The molecule has 1 aromatic heterocycles. The summed E-state index contributed by atoms with van der Waals surface area (Å²) in [6.07, 6.45) is 0. The second kappa shape index (κ2) is 7.97. The van der Waals surface area contributed by atoms with Gasteiger partial charge >= 0.3 is 0 Å². The molecule has 0 unspecified atom stereocenters. The number of rotatable bonds is 5. The highest BCUT2D eigenvalue weighted by Crippen LogP contribution is 2.32. The molecule has 0 spiro atoms. The Kier molecular flexibility index (Phi) is 5.49. The minimum Gasteiger partial charge on any atom is -0.355 e. The van der Waals surface area contributed by atoms with E-state index in [1.165, 1.54) is 6.92 Å². The highest BCUT2D eigenvalue weighted by molar-refractivity contribution is 6.33. The lowest BCUT2D eigenvalue weighted by Gasteiger charge is -2.11. The van der Waals surface area contributed by atoms with Crippen molar-refractivity contribution in [3.8, 4) is 11.3 Å². The van der Waals surface area contributed by atoms with Crippen LogP contribution in [-0.4, -0.2) is 29.9 Å². The Labute approximate surface area is 156 Å². The first-order chi connectivity index (χ1) is 12.6. The largest absolute Gasteiger partial charge is 0.355 e. The molecule has 3 rings (SSSR count). The van der Waals surface area contributed by atoms with Gasteiger partial charge in [-0.3, -0.25) is 9.59 Å². The first-order valence-corrected chi connectivity index (χ1v) is 8.61. The van der Waals surface area contributed by atoms with Gasteiger partial charge in [0.25, 0.3) is 5.91 Å². The van der Waals surface area contributed by atoms with Gasteiger partial charge in [0.1, 0.15) is 5.69 Å². The summed E-state index contributed by atoms with van der Waals surface area (Å²) in [5, 5.41) is 7.81. The quantitative estimate of drug-likeness (QED) is 0.679. The second-order valence-electron chi connectivity index (χ2n) is 5.80. The van der Waals surface area contributed by atoms with Crippen LogP contribution in [0.2, 0.25) is 5.02 Å². The summed E-state index contributed by atoms with van der Waals surface area (Å²) in [4.78, 5) is 27.9. The molecule has 0 radical (unpaired) electrons. The number of carbonyl (C=O) groups excluding carboxylic acids is 2. The number of halogens is 1. The van der Waals surface area contributed by atoms with E-state index in [2.05, 4.69) is 15.6 Å². The number of aromatic nitrogens is 1. The molecule has 2 amide bonds. The maximum absolute atomic E-state index is 12.5. The lowest BCUT2D eigenvalue weighted by atomic mass is 10.0. The second-order valence-corrected chi connectivity index (χ2v) is 6.20. The first-order valence-electron chi connectivity index (χ1n) is 8.23. The van der Waals surface area contributed by atoms with Crippen LogP contribution in [0.4, 0.5) is 0 Å². The van der Waals surface area contributed by atoms with Gasteiger partial charge in [0.2, 0.25) is 5.91 Å². The fraction of sp³-hybridized carbons (Fsp3) is 0.150. The Morgan fingerprint density at radius 2 is 1.69 bits per heavy atom. The van der Waals surface area contributed by atoms with Crippen LogP contribution in [0.3, 0.4) is 0 Å². The van der Waals surface area contributed by atoms with E-state index in [4.69, 9.17) is 11.6 Å². The molecule has 0 fully saturated rings. The van der Waals surface area contributed by atoms with E-state index in [0.717, 1.165) is 16.3 Å². The SMILES string of the molecule is CC(=O)NCCNC(=O)c1cc2ccccc2c(-c2ccccc2Cl)n1. The summed E-state index contributed by atoms with van der Waals surface area (Å²) in [7, 11) is 0. The third-order valence-corrected chi connectivity index (χ3v) is 4.22. The maximum atomic E-state index is 12.5. The van der Waals surface area contributed by atoms with Crippen LogP contribution in [-0.2, 0) is 4.79 Å². The zero-order chi connectivity index (χ0) is 18.5. The molecule has 0 bridgehead atoms. The fourth-order valence-corrected chi connectivity index (χ4v) is 2.90. The van der Waals surface area contributed by atoms with Gasteiger partial charge in [0.15, 0.2) is 0 Å². The number of hydrogen-bond acceptors (Lipinski definition) is 3. The number of hydrogen-bond donors (Lipinski definition) is 2. The molecule has 2 N–H and O–H groups in total. The standard InChI is InChI=1S/C20H18ClN3O2/c1-13(25)22-10-11-23-20(26)18-12-14-6-2-3-7-15(14)19(24-18)16-8-4-5-9-17(16)21/h2-9,12H,10-11H2,1H3,(H,22,25)(H,23,26). The molecule has 26 heavy (non-hydrogen) atoms. The number of amides is 2. The van der Waals surface area contributed by atoms with Gasteiger partial charge < -0.3 is 10.6 Å². The van der Waals surface area contributed by atoms with Crippen molar-refractivity contribution in [3.05, 3.63) is 65.3 Å². The highest BCUT2D eigenvalue weighted by Gasteiger charge is 2.14. The van der Waals surface area contributed by atoms with E-state index in [0.29, 0.717) is 29.5 Å². The Morgan fingerprint density at radius 1 is 1.00 bits per heavy atom. The smallest absolute Gasteiger partial charge is 0.269 e. The molecule has 6 heteroatoms. The Bertz CT molecular complexity index is 972. The number of nitrogens with zero attached hydrogens (tertiary/aromatic N) is 1. The van der Waals surface area contributed by atoms with Crippen LogP contribution in [0.1, 0.15) is 17.4 Å². The molecule has 2 aromatic carbocycles. The molecular formula is C20H18ClN3O2. The first kappa shape index (κ1) is 17.9. The van der Waals surface area contributed by atoms with Crippen molar-refractivity contribution < 1.29 is 9.59 Å². The summed E-state index contributed by atoms with van der Waals surface area (Å²) in [6.45, 7) is 2.13. The molecule has 0 saturated heterocycles. The van der Waals surface area contributed by atoms with Crippen LogP contribution in [0.5, 0.6) is 0 Å². The van der Waals surface area contributed by atoms with Gasteiger partial charge in [-0.15, -0.1) is 0 Å². The summed E-state index contributed by atoms with van der Waals surface area (Å²) >= 11 is 6.34. The Morgan fingerprint density at radius 3 is 2.46 bits per heavy atom. The third kappa shape index (κ3) is 4.00. The fourth-order valence-electron chi connectivity index (χ4n) is 2.68. The van der Waals surface area contributed by atoms with Crippen LogP contribution >= 0.6 is 11.6 Å². The average molecular weight is 368 g/mol. The Hall–Kier alpha value is -2.92. The molecule has 132 valence electrons. The topological polar surface area (TPSA) is 71.1 Å². The van der Waals surface area contributed by atoms with Crippen LogP contribution in [0, 0.1) is 0 Å². The molecule has 5 nitrogen and oxygen atoms in total. The predicted molar refractivity (Wildman–Crippen MR) is 103 cm³/mol. The number of fused-ring (bicyclic) bond motifs is 1.